The van der Waals surface area contributed by atoms with Gasteiger partial charge in [-0.15, -0.1) is 40.8 Å². The molecule has 60 valence electrons. The zero-order valence-electron chi connectivity index (χ0n) is 5.89. The van der Waals surface area contributed by atoms with E-state index in [1.165, 1.54) is 25.3 Å². The van der Waals surface area contributed by atoms with Crippen molar-refractivity contribution >= 4 is 0 Å². The monoisotopic (exact) mass is 164 g/mol. The molecule has 12 heavy (non-hydrogen) atoms. The van der Waals surface area contributed by atoms with Crippen LogP contribution < -0.4 is 0 Å². The standard InChI is InChI=1S/2C2H2N4/c2*1-3-5-2-6-4-1/h2*1-2H. The molecule has 0 spiro atoms. The Labute approximate surface area is 67.1 Å². The second-order valence-electron chi connectivity index (χ2n) is 1.39. The highest BCUT2D eigenvalue weighted by Gasteiger charge is 1.61. The average molecular weight is 164 g/mol. The van der Waals surface area contributed by atoms with Crippen LogP contribution in [0.25, 0.3) is 0 Å². The summed E-state index contributed by atoms with van der Waals surface area (Å²) in [6, 6.07) is 0. The van der Waals surface area contributed by atoms with Crippen LogP contribution >= 0.6 is 0 Å². The first-order valence-corrected chi connectivity index (χ1v) is 2.87. The van der Waals surface area contributed by atoms with Crippen molar-refractivity contribution in [1.82, 2.24) is 40.8 Å². The lowest BCUT2D eigenvalue weighted by molar-refractivity contribution is 0.853. The Morgan fingerprint density at radius 3 is 0.583 bits per heavy atom. The quantitative estimate of drug-likeness (QED) is 0.465. The zero-order valence-corrected chi connectivity index (χ0v) is 5.89. The van der Waals surface area contributed by atoms with Gasteiger partial charge in [-0.25, -0.2) is 0 Å². The molecular formula is C4H4N8. The summed E-state index contributed by atoms with van der Waals surface area (Å²) in [6.07, 6.45) is 5.11. The molecule has 0 aromatic carbocycles. The fraction of sp³-hybridized carbons (Fsp3) is 0. The van der Waals surface area contributed by atoms with Crippen molar-refractivity contribution in [2.24, 2.45) is 0 Å². The predicted molar refractivity (Wildman–Crippen MR) is 35.2 cm³/mol. The minimum atomic E-state index is 1.28. The molecule has 2 rings (SSSR count). The topological polar surface area (TPSA) is 103 Å². The minimum absolute atomic E-state index is 1.28. The van der Waals surface area contributed by atoms with Crippen molar-refractivity contribution in [1.29, 1.82) is 0 Å². The molecule has 0 bridgehead atoms. The molecule has 0 fully saturated rings. The highest BCUT2D eigenvalue weighted by Crippen LogP contribution is 1.50. The Balaban J connectivity index is 0.000000120. The number of hydrogen-bond acceptors (Lipinski definition) is 8. The van der Waals surface area contributed by atoms with Crippen LogP contribution in [0, 0.1) is 0 Å². The molecular weight excluding hydrogens is 160 g/mol. The van der Waals surface area contributed by atoms with Crippen molar-refractivity contribution in [2.45, 2.75) is 0 Å². The molecule has 2 aromatic heterocycles. The van der Waals surface area contributed by atoms with E-state index in [9.17, 15) is 0 Å². The van der Waals surface area contributed by atoms with Crippen LogP contribution in [0.3, 0.4) is 0 Å². The van der Waals surface area contributed by atoms with E-state index >= 15 is 0 Å². The Morgan fingerprint density at radius 1 is 0.333 bits per heavy atom. The molecule has 2 heterocycles. The Hall–Kier alpha value is -2.12. The molecule has 0 unspecified atom stereocenters. The Morgan fingerprint density at radius 2 is 0.500 bits per heavy atom. The number of hydrogen-bond donors (Lipinski definition) is 0. The summed E-state index contributed by atoms with van der Waals surface area (Å²) >= 11 is 0. The molecule has 0 aliphatic rings. The fourth-order valence-corrected chi connectivity index (χ4v) is 0.331. The van der Waals surface area contributed by atoms with Crippen LogP contribution in [0.5, 0.6) is 0 Å². The second-order valence-corrected chi connectivity index (χ2v) is 1.39. The van der Waals surface area contributed by atoms with E-state index in [1.807, 2.05) is 0 Å². The maximum absolute atomic E-state index is 3.36. The molecule has 2 aromatic rings. The lowest BCUT2D eigenvalue weighted by atomic mass is 11.3. The first-order valence-electron chi connectivity index (χ1n) is 2.87. The lowest BCUT2D eigenvalue weighted by Crippen LogP contribution is -1.81. The van der Waals surface area contributed by atoms with Gasteiger partial charge in [-0.3, -0.25) is 0 Å². The van der Waals surface area contributed by atoms with Crippen LogP contribution in [0.15, 0.2) is 25.3 Å². The van der Waals surface area contributed by atoms with Crippen LogP contribution in [0.2, 0.25) is 0 Å². The van der Waals surface area contributed by atoms with Gasteiger partial charge in [-0.1, -0.05) is 0 Å². The largest absolute Gasteiger partial charge is 0.160 e. The van der Waals surface area contributed by atoms with E-state index < -0.39 is 0 Å². The molecule has 0 radical (unpaired) electrons. The van der Waals surface area contributed by atoms with Crippen molar-refractivity contribution in [3.8, 4) is 0 Å². The van der Waals surface area contributed by atoms with Gasteiger partial charge in [-0.05, 0) is 0 Å². The van der Waals surface area contributed by atoms with Gasteiger partial charge in [0.05, 0.1) is 0 Å². The van der Waals surface area contributed by atoms with E-state index in [-0.39, 0.29) is 0 Å². The van der Waals surface area contributed by atoms with Crippen molar-refractivity contribution in [3.05, 3.63) is 25.3 Å². The summed E-state index contributed by atoms with van der Waals surface area (Å²) in [4.78, 5) is 0. The van der Waals surface area contributed by atoms with E-state index in [0.717, 1.165) is 0 Å². The van der Waals surface area contributed by atoms with Gasteiger partial charge in [0.2, 0.25) is 0 Å². The van der Waals surface area contributed by atoms with Crippen LogP contribution in [-0.2, 0) is 0 Å². The fourth-order valence-electron chi connectivity index (χ4n) is 0.331. The minimum Gasteiger partial charge on any atom is -0.135 e. The number of nitrogens with zero attached hydrogens (tertiary/aromatic N) is 8. The summed E-state index contributed by atoms with van der Waals surface area (Å²) in [5.41, 5.74) is 0. The SMILES string of the molecule is c1nncnn1.c1nncnn1. The van der Waals surface area contributed by atoms with Gasteiger partial charge in [0.15, 0.2) is 25.3 Å². The van der Waals surface area contributed by atoms with Gasteiger partial charge in [0.25, 0.3) is 0 Å². The molecule has 0 aliphatic heterocycles. The van der Waals surface area contributed by atoms with Crippen LogP contribution in [0.1, 0.15) is 0 Å². The Kier molecular flexibility index (Phi) is 3.76. The summed E-state index contributed by atoms with van der Waals surface area (Å²) in [6.45, 7) is 0. The van der Waals surface area contributed by atoms with Crippen LogP contribution in [0.4, 0.5) is 0 Å². The summed E-state index contributed by atoms with van der Waals surface area (Å²) in [5.74, 6) is 0. The summed E-state index contributed by atoms with van der Waals surface area (Å²) < 4.78 is 0. The average Bonchev–Trinajstić information content (AvgIpc) is 2.24. The van der Waals surface area contributed by atoms with Crippen molar-refractivity contribution in [2.75, 3.05) is 0 Å². The predicted octanol–water partition coefficient (Wildman–Crippen LogP) is -1.47. The maximum atomic E-state index is 3.36. The zero-order chi connectivity index (χ0) is 8.49. The third-order valence-electron chi connectivity index (χ3n) is 0.680. The second kappa shape index (κ2) is 5.65. The smallest absolute Gasteiger partial charge is 0.135 e. The van der Waals surface area contributed by atoms with E-state index in [0.29, 0.717) is 0 Å². The first-order chi connectivity index (χ1) is 6.00. The highest BCUT2D eigenvalue weighted by atomic mass is 15.2. The molecule has 0 saturated carbocycles. The third kappa shape index (κ3) is 3.82. The van der Waals surface area contributed by atoms with Gasteiger partial charge >= 0.3 is 0 Å². The van der Waals surface area contributed by atoms with Crippen LogP contribution in [-0.4, -0.2) is 40.8 Å². The maximum Gasteiger partial charge on any atom is 0.160 e. The van der Waals surface area contributed by atoms with E-state index in [2.05, 4.69) is 40.8 Å². The van der Waals surface area contributed by atoms with Gasteiger partial charge in [-0.2, -0.15) is 0 Å². The molecule has 8 heteroatoms. The van der Waals surface area contributed by atoms with E-state index in [4.69, 9.17) is 0 Å². The summed E-state index contributed by atoms with van der Waals surface area (Å²) in [7, 11) is 0. The molecule has 0 aliphatic carbocycles. The number of rotatable bonds is 0. The van der Waals surface area contributed by atoms with Gasteiger partial charge in [0.1, 0.15) is 0 Å². The Bertz CT molecular complexity index is 186. The molecule has 0 N–H and O–H groups in total. The lowest BCUT2D eigenvalue weighted by Gasteiger charge is -1.68. The van der Waals surface area contributed by atoms with Gasteiger partial charge in [0, 0.05) is 0 Å². The van der Waals surface area contributed by atoms with Crippen molar-refractivity contribution in [3.63, 3.8) is 0 Å². The summed E-state index contributed by atoms with van der Waals surface area (Å²) in [5, 5.41) is 26.9. The normalized spacial score (nSPS) is 8.00. The molecule has 0 amide bonds. The van der Waals surface area contributed by atoms with Crippen molar-refractivity contribution < 1.29 is 0 Å². The molecule has 8 nitrogen and oxygen atoms in total. The first kappa shape index (κ1) is 7.98. The van der Waals surface area contributed by atoms with E-state index in [1.54, 1.807) is 0 Å². The number of aromatic nitrogens is 8. The third-order valence-corrected chi connectivity index (χ3v) is 0.680. The molecule has 0 saturated heterocycles. The molecule has 0 atom stereocenters. The van der Waals surface area contributed by atoms with Gasteiger partial charge < -0.3 is 0 Å². The highest BCUT2D eigenvalue weighted by molar-refractivity contribution is 4.36.